The molecule has 0 amide bonds. The Balaban J connectivity index is 2.15. The Morgan fingerprint density at radius 2 is 1.88 bits per heavy atom. The van der Waals surface area contributed by atoms with Crippen LogP contribution in [0.1, 0.15) is 28.7 Å². The summed E-state index contributed by atoms with van der Waals surface area (Å²) in [6.45, 7) is 5.89. The van der Waals surface area contributed by atoms with Gasteiger partial charge in [-0.05, 0) is 72.9 Å². The predicted molar refractivity (Wildman–Crippen MR) is 105 cm³/mol. The summed E-state index contributed by atoms with van der Waals surface area (Å²) in [5, 5.41) is 18.3. The van der Waals surface area contributed by atoms with E-state index in [1.54, 1.807) is 18.7 Å². The molecule has 5 heteroatoms. The van der Waals surface area contributed by atoms with Gasteiger partial charge >= 0.3 is 5.97 Å². The second-order valence-corrected chi connectivity index (χ2v) is 7.80. The van der Waals surface area contributed by atoms with Crippen LogP contribution >= 0.6 is 11.8 Å². The Labute approximate surface area is 158 Å². The normalized spacial score (nSPS) is 12.2. The minimum Gasteiger partial charge on any atom is -0.481 e. The van der Waals surface area contributed by atoms with E-state index in [0.717, 1.165) is 28.9 Å². The molecule has 0 aliphatic carbocycles. The van der Waals surface area contributed by atoms with Gasteiger partial charge in [0.25, 0.3) is 0 Å². The van der Waals surface area contributed by atoms with E-state index < -0.39 is 12.1 Å². The Hall–Kier alpha value is -1.85. The number of carboxylic acids is 1. The first-order valence-corrected chi connectivity index (χ1v) is 9.77. The average Bonchev–Trinajstić information content (AvgIpc) is 2.54. The van der Waals surface area contributed by atoms with Gasteiger partial charge in [-0.1, -0.05) is 23.8 Å². The van der Waals surface area contributed by atoms with E-state index in [2.05, 4.69) is 19.1 Å². The fourth-order valence-electron chi connectivity index (χ4n) is 3.05. The highest BCUT2D eigenvalue weighted by atomic mass is 32.2. The maximum absolute atomic E-state index is 13.6. The molecule has 0 aromatic heterocycles. The number of aliphatic carboxylic acids is 1. The zero-order valence-electron chi connectivity index (χ0n) is 15.4. The number of hydrogen-bond acceptors (Lipinski definition) is 3. The molecule has 1 atom stereocenters. The molecule has 0 heterocycles. The average molecular weight is 376 g/mol. The molecule has 0 aliphatic rings. The first-order chi connectivity index (χ1) is 12.3. The second-order valence-electron chi connectivity index (χ2n) is 6.65. The van der Waals surface area contributed by atoms with E-state index in [1.165, 1.54) is 17.2 Å². The lowest BCUT2D eigenvalue weighted by atomic mass is 9.91. The molecular formula is C21H25FO3S. The van der Waals surface area contributed by atoms with E-state index in [0.29, 0.717) is 11.3 Å². The number of aliphatic hydroxyl groups excluding tert-OH is 1. The van der Waals surface area contributed by atoms with Gasteiger partial charge in [0.1, 0.15) is 5.82 Å². The van der Waals surface area contributed by atoms with Crippen LogP contribution in [0, 0.1) is 26.6 Å². The van der Waals surface area contributed by atoms with Crippen molar-refractivity contribution in [1.29, 1.82) is 0 Å². The van der Waals surface area contributed by atoms with Crippen molar-refractivity contribution in [2.24, 2.45) is 0 Å². The van der Waals surface area contributed by atoms with Gasteiger partial charge in [-0.3, -0.25) is 4.79 Å². The van der Waals surface area contributed by atoms with E-state index in [4.69, 9.17) is 5.11 Å². The summed E-state index contributed by atoms with van der Waals surface area (Å²) >= 11 is 1.55. The molecule has 2 N–H and O–H groups in total. The van der Waals surface area contributed by atoms with Crippen LogP contribution < -0.4 is 0 Å². The van der Waals surface area contributed by atoms with Gasteiger partial charge < -0.3 is 10.2 Å². The van der Waals surface area contributed by atoms with Crippen LogP contribution in [0.2, 0.25) is 0 Å². The summed E-state index contributed by atoms with van der Waals surface area (Å²) in [4.78, 5) is 10.6. The third-order valence-corrected chi connectivity index (χ3v) is 5.42. The molecule has 2 aromatic carbocycles. The lowest BCUT2D eigenvalue weighted by Crippen LogP contribution is -2.15. The lowest BCUT2D eigenvalue weighted by Gasteiger charge is -2.16. The van der Waals surface area contributed by atoms with Gasteiger partial charge in [-0.2, -0.15) is 11.8 Å². The summed E-state index contributed by atoms with van der Waals surface area (Å²) in [6.07, 6.45) is -0.241. The highest BCUT2D eigenvalue weighted by molar-refractivity contribution is 7.99. The molecule has 2 rings (SSSR count). The Bertz CT molecular complexity index is 789. The van der Waals surface area contributed by atoms with E-state index in [-0.39, 0.29) is 12.2 Å². The highest BCUT2D eigenvalue weighted by Crippen LogP contribution is 2.30. The molecule has 0 bridgehead atoms. The molecule has 0 fully saturated rings. The zero-order chi connectivity index (χ0) is 19.3. The molecule has 0 saturated carbocycles. The quantitative estimate of drug-likeness (QED) is 0.665. The first-order valence-electron chi connectivity index (χ1n) is 8.62. The summed E-state index contributed by atoms with van der Waals surface area (Å²) in [7, 11) is 0. The number of rotatable bonds is 8. The molecule has 2 aromatic rings. The maximum Gasteiger partial charge on any atom is 0.306 e. The summed E-state index contributed by atoms with van der Waals surface area (Å²) in [6, 6.07) is 9.45. The maximum atomic E-state index is 13.6. The number of halogens is 1. The van der Waals surface area contributed by atoms with Crippen molar-refractivity contribution in [3.8, 4) is 11.1 Å². The minimum absolute atomic E-state index is 0.206. The molecule has 26 heavy (non-hydrogen) atoms. The first kappa shape index (κ1) is 20.5. The van der Waals surface area contributed by atoms with Gasteiger partial charge in [0.2, 0.25) is 0 Å². The van der Waals surface area contributed by atoms with E-state index in [1.807, 2.05) is 19.1 Å². The van der Waals surface area contributed by atoms with Crippen molar-refractivity contribution in [1.82, 2.24) is 0 Å². The molecule has 0 saturated heterocycles. The lowest BCUT2D eigenvalue weighted by molar-refractivity contribution is -0.138. The van der Waals surface area contributed by atoms with Crippen LogP contribution in [0.25, 0.3) is 11.1 Å². The van der Waals surface area contributed by atoms with Gasteiger partial charge in [0, 0.05) is 5.75 Å². The third kappa shape index (κ3) is 5.58. The molecule has 0 aliphatic heterocycles. The van der Waals surface area contributed by atoms with Crippen LogP contribution in [0.5, 0.6) is 0 Å². The molecule has 3 nitrogen and oxygen atoms in total. The number of carboxylic acid groups (broad SMARTS) is 1. The minimum atomic E-state index is -0.985. The number of aliphatic hydroxyl groups is 1. The third-order valence-electron chi connectivity index (χ3n) is 4.30. The Morgan fingerprint density at radius 3 is 2.54 bits per heavy atom. The van der Waals surface area contributed by atoms with Crippen molar-refractivity contribution >= 4 is 17.7 Å². The van der Waals surface area contributed by atoms with Crippen LogP contribution in [0.3, 0.4) is 0 Å². The fraction of sp³-hybridized carbons (Fsp3) is 0.381. The van der Waals surface area contributed by atoms with E-state index >= 15 is 0 Å². The topological polar surface area (TPSA) is 57.5 Å². The summed E-state index contributed by atoms with van der Waals surface area (Å²) in [5.41, 5.74) is 6.29. The van der Waals surface area contributed by atoms with Gasteiger partial charge in [-0.15, -0.1) is 0 Å². The monoisotopic (exact) mass is 376 g/mol. The van der Waals surface area contributed by atoms with Crippen LogP contribution in [0.4, 0.5) is 4.39 Å². The predicted octanol–water partition coefficient (Wildman–Crippen LogP) is 4.53. The largest absolute Gasteiger partial charge is 0.481 e. The van der Waals surface area contributed by atoms with Gasteiger partial charge in [0.15, 0.2) is 0 Å². The van der Waals surface area contributed by atoms with E-state index in [9.17, 15) is 14.3 Å². The Kier molecular flexibility index (Phi) is 7.23. The summed E-state index contributed by atoms with van der Waals surface area (Å²) < 4.78 is 13.6. The van der Waals surface area contributed by atoms with Crippen molar-refractivity contribution in [2.45, 2.75) is 39.7 Å². The number of aryl methyl sites for hydroxylation is 3. The molecule has 0 radical (unpaired) electrons. The van der Waals surface area contributed by atoms with Crippen LogP contribution in [-0.4, -0.2) is 33.8 Å². The standard InChI is InChI=1S/C21H25FO3S/c1-13-8-14(2)18(6-7-26-12-17(23)11-21(24)25)19(9-13)16-4-5-20(22)15(3)10-16/h4-5,8-10,17,23H,6-7,11-12H2,1-3H3,(H,24,25). The van der Waals surface area contributed by atoms with Crippen molar-refractivity contribution in [3.05, 3.63) is 58.4 Å². The van der Waals surface area contributed by atoms with Crippen LogP contribution in [-0.2, 0) is 11.2 Å². The Morgan fingerprint density at radius 1 is 1.15 bits per heavy atom. The number of hydrogen-bond donors (Lipinski definition) is 2. The fourth-order valence-corrected chi connectivity index (χ4v) is 3.96. The number of benzene rings is 2. The van der Waals surface area contributed by atoms with Gasteiger partial charge in [0.05, 0.1) is 12.5 Å². The number of carbonyl (C=O) groups is 1. The SMILES string of the molecule is Cc1cc(C)c(CCSCC(O)CC(=O)O)c(-c2ccc(F)c(C)c2)c1. The molecular weight excluding hydrogens is 351 g/mol. The van der Waals surface area contributed by atoms with Crippen molar-refractivity contribution < 1.29 is 19.4 Å². The second kappa shape index (κ2) is 9.19. The molecule has 140 valence electrons. The summed E-state index contributed by atoms with van der Waals surface area (Å²) in [5.74, 6) is -0.000222. The van der Waals surface area contributed by atoms with Crippen molar-refractivity contribution in [3.63, 3.8) is 0 Å². The molecule has 0 spiro atoms. The van der Waals surface area contributed by atoms with Gasteiger partial charge in [-0.25, -0.2) is 4.39 Å². The zero-order valence-corrected chi connectivity index (χ0v) is 16.2. The number of thioether (sulfide) groups is 1. The van der Waals surface area contributed by atoms with Crippen LogP contribution in [0.15, 0.2) is 30.3 Å². The highest BCUT2D eigenvalue weighted by Gasteiger charge is 2.12. The smallest absolute Gasteiger partial charge is 0.306 e. The molecule has 1 unspecified atom stereocenters. The van der Waals surface area contributed by atoms with Crippen molar-refractivity contribution in [2.75, 3.05) is 11.5 Å².